The van der Waals surface area contributed by atoms with Gasteiger partial charge < -0.3 is 5.32 Å². The highest BCUT2D eigenvalue weighted by molar-refractivity contribution is 4.83. The van der Waals surface area contributed by atoms with E-state index in [2.05, 4.69) is 11.4 Å². The Kier molecular flexibility index (Phi) is 4.07. The molecule has 0 saturated heterocycles. The molecule has 0 radical (unpaired) electrons. The molecule has 0 aliphatic rings. The Morgan fingerprint density at radius 1 is 1.40 bits per heavy atom. The first-order valence-electron chi connectivity index (χ1n) is 3.25. The van der Waals surface area contributed by atoms with Gasteiger partial charge in [0.25, 0.3) is 0 Å². The summed E-state index contributed by atoms with van der Waals surface area (Å²) in [4.78, 5) is 0. The number of hydrogen-bond acceptors (Lipinski definition) is 3. The quantitative estimate of drug-likeness (QED) is 0.466. The van der Waals surface area contributed by atoms with Crippen molar-refractivity contribution in [1.82, 2.24) is 5.32 Å². The van der Waals surface area contributed by atoms with Gasteiger partial charge in [0, 0.05) is 12.0 Å². The summed E-state index contributed by atoms with van der Waals surface area (Å²) in [5, 5.41) is 19.1. The van der Waals surface area contributed by atoms with Crippen LogP contribution in [0.1, 0.15) is 20.3 Å². The van der Waals surface area contributed by atoms with Gasteiger partial charge in [-0.15, -0.1) is 0 Å². The molecule has 2 atom stereocenters. The fourth-order valence-electron chi connectivity index (χ4n) is 0.752. The van der Waals surface area contributed by atoms with Gasteiger partial charge in [-0.3, -0.25) is 0 Å². The van der Waals surface area contributed by atoms with Crippen molar-refractivity contribution in [3.8, 4) is 12.3 Å². The molecule has 10 heavy (non-hydrogen) atoms. The molecule has 0 aliphatic heterocycles. The van der Waals surface area contributed by atoms with Crippen LogP contribution < -0.4 is 5.32 Å². The predicted octanol–water partition coefficient (Wildman–Crippen LogP) is 0.995. The Morgan fingerprint density at radius 2 is 2.00 bits per heavy atom. The predicted molar refractivity (Wildman–Crippen MR) is 37.6 cm³/mol. The summed E-state index contributed by atoms with van der Waals surface area (Å²) in [6.07, 6.45) is 2.56. The van der Waals surface area contributed by atoms with Crippen molar-refractivity contribution in [3.05, 3.63) is 0 Å². The van der Waals surface area contributed by atoms with E-state index in [0.29, 0.717) is 0 Å². The molecule has 0 bridgehead atoms. The molecule has 0 rings (SSSR count). The Morgan fingerprint density at radius 3 is 2.40 bits per heavy atom. The summed E-state index contributed by atoms with van der Waals surface area (Å²) in [6.45, 7) is 3.73. The van der Waals surface area contributed by atoms with Gasteiger partial charge in [-0.25, -0.2) is 0 Å². The molecule has 54 valence electrons. The van der Waals surface area contributed by atoms with Crippen molar-refractivity contribution in [2.45, 2.75) is 26.3 Å². The Bertz CT molecular complexity index is 163. The minimum absolute atomic E-state index is 0.0239. The van der Waals surface area contributed by atoms with Crippen LogP contribution in [0.5, 0.6) is 0 Å². The number of nitriles is 2. The highest BCUT2D eigenvalue weighted by atomic mass is 14.9. The second kappa shape index (κ2) is 4.64. The van der Waals surface area contributed by atoms with E-state index in [-0.39, 0.29) is 12.0 Å². The van der Waals surface area contributed by atoms with Gasteiger partial charge in [0.1, 0.15) is 0 Å². The zero-order valence-electron chi connectivity index (χ0n) is 6.26. The molecule has 3 nitrogen and oxygen atoms in total. The maximum Gasteiger partial charge on any atom is 0.176 e. The van der Waals surface area contributed by atoms with Crippen LogP contribution in [0.3, 0.4) is 0 Å². The van der Waals surface area contributed by atoms with Gasteiger partial charge in [0.15, 0.2) is 6.19 Å². The van der Waals surface area contributed by atoms with Gasteiger partial charge in [0.05, 0.1) is 6.07 Å². The zero-order valence-corrected chi connectivity index (χ0v) is 6.26. The number of nitrogens with one attached hydrogen (secondary N) is 1. The normalized spacial score (nSPS) is 14.4. The van der Waals surface area contributed by atoms with Gasteiger partial charge in [-0.1, -0.05) is 0 Å². The van der Waals surface area contributed by atoms with Crippen LogP contribution in [0.15, 0.2) is 0 Å². The van der Waals surface area contributed by atoms with Gasteiger partial charge in [0.2, 0.25) is 0 Å². The molecule has 1 N–H and O–H groups in total. The molecule has 0 aliphatic carbocycles. The van der Waals surface area contributed by atoms with Gasteiger partial charge in [-0.05, 0) is 20.3 Å². The fraction of sp³-hybridized carbons (Fsp3) is 0.714. The van der Waals surface area contributed by atoms with Crippen LogP contribution in [-0.4, -0.2) is 6.04 Å². The van der Waals surface area contributed by atoms with Crippen LogP contribution in [-0.2, 0) is 0 Å². The first kappa shape index (κ1) is 8.78. The molecule has 0 aromatic rings. The summed E-state index contributed by atoms with van der Waals surface area (Å²) < 4.78 is 0. The van der Waals surface area contributed by atoms with Gasteiger partial charge >= 0.3 is 0 Å². The lowest BCUT2D eigenvalue weighted by Crippen LogP contribution is -2.22. The molecule has 0 spiro atoms. The lowest BCUT2D eigenvalue weighted by molar-refractivity contribution is 0.524. The highest BCUT2D eigenvalue weighted by Gasteiger charge is 2.05. The van der Waals surface area contributed by atoms with Crippen molar-refractivity contribution in [1.29, 1.82) is 10.5 Å². The van der Waals surface area contributed by atoms with E-state index >= 15 is 0 Å². The minimum Gasteiger partial charge on any atom is -0.321 e. The maximum absolute atomic E-state index is 8.39. The summed E-state index contributed by atoms with van der Waals surface area (Å²) in [5.41, 5.74) is 0. The summed E-state index contributed by atoms with van der Waals surface area (Å²) in [5.74, 6) is 0.0239. The summed E-state index contributed by atoms with van der Waals surface area (Å²) in [6, 6.07) is 2.22. The molecule has 0 amide bonds. The molecule has 0 aromatic heterocycles. The molecule has 0 aromatic carbocycles. The van der Waals surface area contributed by atoms with Gasteiger partial charge in [-0.2, -0.15) is 10.5 Å². The average Bonchev–Trinajstić information content (AvgIpc) is 1.88. The maximum atomic E-state index is 8.39. The van der Waals surface area contributed by atoms with E-state index in [1.54, 1.807) is 0 Å². The molecular formula is C7H11N3. The number of hydrogen-bond donors (Lipinski definition) is 1. The third kappa shape index (κ3) is 3.74. The molecular weight excluding hydrogens is 126 g/mol. The third-order valence-corrected chi connectivity index (χ3v) is 1.24. The lowest BCUT2D eigenvalue weighted by atomic mass is 10.1. The topological polar surface area (TPSA) is 59.6 Å². The third-order valence-electron chi connectivity index (χ3n) is 1.24. The second-order valence-electron chi connectivity index (χ2n) is 2.42. The Hall–Kier alpha value is -1.22. The van der Waals surface area contributed by atoms with E-state index in [4.69, 9.17) is 10.5 Å². The first-order chi connectivity index (χ1) is 4.70. The van der Waals surface area contributed by atoms with Crippen molar-refractivity contribution in [3.63, 3.8) is 0 Å². The molecule has 2 unspecified atom stereocenters. The van der Waals surface area contributed by atoms with E-state index in [1.807, 2.05) is 20.0 Å². The Labute approximate surface area is 61.3 Å². The van der Waals surface area contributed by atoms with Crippen LogP contribution in [0.25, 0.3) is 0 Å². The summed E-state index contributed by atoms with van der Waals surface area (Å²) in [7, 11) is 0. The van der Waals surface area contributed by atoms with E-state index in [1.165, 1.54) is 0 Å². The van der Waals surface area contributed by atoms with Crippen LogP contribution in [0.2, 0.25) is 0 Å². The van der Waals surface area contributed by atoms with Crippen LogP contribution in [0, 0.1) is 28.7 Å². The molecule has 0 fully saturated rings. The van der Waals surface area contributed by atoms with E-state index < -0.39 is 0 Å². The standard InChI is InChI=1S/C7H11N3/c1-6(4-8)3-7(2)10-5-9/h6-7,10H,3H2,1-2H3. The Balaban J connectivity index is 3.51. The minimum atomic E-state index is 0.0239. The van der Waals surface area contributed by atoms with Crippen LogP contribution in [0.4, 0.5) is 0 Å². The monoisotopic (exact) mass is 137 g/mol. The molecule has 0 heterocycles. The van der Waals surface area contributed by atoms with Crippen molar-refractivity contribution < 1.29 is 0 Å². The zero-order chi connectivity index (χ0) is 7.98. The van der Waals surface area contributed by atoms with Crippen molar-refractivity contribution in [2.24, 2.45) is 5.92 Å². The number of rotatable bonds is 3. The number of nitrogens with zero attached hydrogens (tertiary/aromatic N) is 2. The summed E-state index contributed by atoms with van der Waals surface area (Å²) >= 11 is 0. The van der Waals surface area contributed by atoms with E-state index in [0.717, 1.165) is 6.42 Å². The fourth-order valence-corrected chi connectivity index (χ4v) is 0.752. The smallest absolute Gasteiger partial charge is 0.176 e. The molecule has 3 heteroatoms. The molecule has 0 saturated carbocycles. The second-order valence-corrected chi connectivity index (χ2v) is 2.42. The highest BCUT2D eigenvalue weighted by Crippen LogP contribution is 2.02. The van der Waals surface area contributed by atoms with Crippen molar-refractivity contribution in [2.75, 3.05) is 0 Å². The first-order valence-corrected chi connectivity index (χ1v) is 3.25. The van der Waals surface area contributed by atoms with Crippen molar-refractivity contribution >= 4 is 0 Å². The average molecular weight is 137 g/mol. The largest absolute Gasteiger partial charge is 0.321 e. The van der Waals surface area contributed by atoms with Crippen LogP contribution >= 0.6 is 0 Å². The van der Waals surface area contributed by atoms with E-state index in [9.17, 15) is 0 Å². The SMILES string of the molecule is CC(C#N)CC(C)NC#N. The lowest BCUT2D eigenvalue weighted by Gasteiger charge is -2.08.